The van der Waals surface area contributed by atoms with E-state index in [0.717, 1.165) is 17.6 Å². The van der Waals surface area contributed by atoms with Gasteiger partial charge in [0.15, 0.2) is 0 Å². The van der Waals surface area contributed by atoms with Crippen LogP contribution < -0.4 is 0 Å². The van der Waals surface area contributed by atoms with Gasteiger partial charge in [0.25, 0.3) is 0 Å². The van der Waals surface area contributed by atoms with Gasteiger partial charge in [0.2, 0.25) is 0 Å². The average Bonchev–Trinajstić information content (AvgIpc) is 3.04. The van der Waals surface area contributed by atoms with Gasteiger partial charge in [-0.25, -0.2) is 4.98 Å². The fourth-order valence-corrected chi connectivity index (χ4v) is 2.93. The molecule has 0 N–H and O–H groups in total. The molecule has 3 aromatic heterocycles. The highest BCUT2D eigenvalue weighted by Crippen LogP contribution is 2.38. The number of rotatable bonds is 3. The first-order chi connectivity index (χ1) is 10.6. The maximum atomic E-state index is 4.53. The molecule has 0 aliphatic carbocycles. The highest BCUT2D eigenvalue weighted by molar-refractivity contribution is 5.94. The number of fused-ring (bicyclic) bond motifs is 3. The summed E-state index contributed by atoms with van der Waals surface area (Å²) in [5.41, 5.74) is 3.47. The average molecular weight is 297 g/mol. The molecule has 0 saturated carbocycles. The van der Waals surface area contributed by atoms with Crippen LogP contribution in [-0.4, -0.2) is 14.4 Å². The number of nitrogens with zero attached hydrogens (tertiary/aromatic N) is 3. The summed E-state index contributed by atoms with van der Waals surface area (Å²) in [6.07, 6.45) is 8.94. The van der Waals surface area contributed by atoms with E-state index in [2.05, 4.69) is 54.2 Å². The number of hydrogen-bond acceptors (Lipinski definition) is 2. The molecule has 22 heavy (non-hydrogen) atoms. The Labute approximate surface area is 133 Å². The molecule has 0 fully saturated rings. The van der Waals surface area contributed by atoms with Crippen LogP contribution in [-0.2, 0) is 5.41 Å². The first-order valence-electron chi connectivity index (χ1n) is 8.26. The van der Waals surface area contributed by atoms with Crippen molar-refractivity contribution < 1.29 is 0 Å². The molecule has 3 rings (SSSR count). The van der Waals surface area contributed by atoms with Crippen LogP contribution >= 0.6 is 0 Å². The van der Waals surface area contributed by atoms with Crippen molar-refractivity contribution in [1.82, 2.24) is 14.4 Å². The van der Waals surface area contributed by atoms with Gasteiger partial charge in [-0.05, 0) is 29.0 Å². The maximum Gasteiger partial charge on any atom is 0.146 e. The Morgan fingerprint density at radius 1 is 1.09 bits per heavy atom. The molecule has 0 aromatic carbocycles. The second kappa shape index (κ2) is 6.47. The molecule has 3 nitrogen and oxygen atoms in total. The molecule has 0 saturated heterocycles. The molecular formula is C19H27N3. The van der Waals surface area contributed by atoms with E-state index in [9.17, 15) is 0 Å². The summed E-state index contributed by atoms with van der Waals surface area (Å²) in [4.78, 5) is 9.05. The Hall–Kier alpha value is -1.90. The smallest absolute Gasteiger partial charge is 0.146 e. The number of aromatic nitrogens is 3. The van der Waals surface area contributed by atoms with Crippen LogP contribution in [0.25, 0.3) is 16.6 Å². The summed E-state index contributed by atoms with van der Waals surface area (Å²) in [7, 11) is 0. The van der Waals surface area contributed by atoms with Gasteiger partial charge in [-0.3, -0.25) is 4.98 Å². The van der Waals surface area contributed by atoms with Crippen molar-refractivity contribution in [3.63, 3.8) is 0 Å². The van der Waals surface area contributed by atoms with Gasteiger partial charge >= 0.3 is 0 Å². The predicted octanol–water partition coefficient (Wildman–Crippen LogP) is 5.23. The zero-order valence-corrected chi connectivity index (χ0v) is 14.6. The topological polar surface area (TPSA) is 30.2 Å². The number of imidazole rings is 1. The van der Waals surface area contributed by atoms with Crippen molar-refractivity contribution in [2.24, 2.45) is 5.92 Å². The van der Waals surface area contributed by atoms with Gasteiger partial charge in [-0.1, -0.05) is 48.0 Å². The monoisotopic (exact) mass is 297 g/mol. The predicted molar refractivity (Wildman–Crippen MR) is 94.3 cm³/mol. The minimum atomic E-state index is 0.101. The van der Waals surface area contributed by atoms with Crippen LogP contribution in [0.3, 0.4) is 0 Å². The minimum Gasteiger partial charge on any atom is -0.306 e. The molecule has 118 valence electrons. The van der Waals surface area contributed by atoms with E-state index in [1.54, 1.807) is 0 Å². The molecule has 3 aromatic rings. The van der Waals surface area contributed by atoms with E-state index < -0.39 is 0 Å². The fourth-order valence-electron chi connectivity index (χ4n) is 2.93. The van der Waals surface area contributed by atoms with Gasteiger partial charge in [0.1, 0.15) is 5.65 Å². The lowest BCUT2D eigenvalue weighted by Gasteiger charge is -2.32. The minimum absolute atomic E-state index is 0.101. The number of hydrogen-bond donors (Lipinski definition) is 0. The molecule has 3 heterocycles. The van der Waals surface area contributed by atoms with Gasteiger partial charge in [0, 0.05) is 30.2 Å². The van der Waals surface area contributed by atoms with Crippen LogP contribution in [0.15, 0.2) is 36.9 Å². The first kappa shape index (κ1) is 16.5. The lowest BCUT2D eigenvalue weighted by molar-refractivity contribution is 0.337. The Balaban J connectivity index is 0.000000847. The third-order valence-electron chi connectivity index (χ3n) is 4.80. The Morgan fingerprint density at radius 3 is 2.50 bits per heavy atom. The van der Waals surface area contributed by atoms with E-state index in [-0.39, 0.29) is 5.41 Å². The lowest BCUT2D eigenvalue weighted by atomic mass is 9.72. The van der Waals surface area contributed by atoms with E-state index in [1.807, 2.05) is 38.6 Å². The number of pyridine rings is 2. The molecule has 0 radical (unpaired) electrons. The summed E-state index contributed by atoms with van der Waals surface area (Å²) in [5, 5.41) is 1.19. The molecule has 0 amide bonds. The normalized spacial score (nSPS) is 13.0. The fraction of sp³-hybridized carbons (Fsp3) is 0.474. The second-order valence-electron chi connectivity index (χ2n) is 6.12. The Kier molecular flexibility index (Phi) is 4.84. The van der Waals surface area contributed by atoms with Crippen molar-refractivity contribution in [3.05, 3.63) is 42.5 Å². The quantitative estimate of drug-likeness (QED) is 0.662. The van der Waals surface area contributed by atoms with Crippen molar-refractivity contribution in [3.8, 4) is 0 Å². The highest BCUT2D eigenvalue weighted by atomic mass is 15.0. The lowest BCUT2D eigenvalue weighted by Crippen LogP contribution is -2.26. The summed E-state index contributed by atoms with van der Waals surface area (Å²) in [6.45, 7) is 13.2. The van der Waals surface area contributed by atoms with E-state index in [0.29, 0.717) is 5.92 Å². The molecule has 0 spiro atoms. The SMILES string of the molecule is CC.CCC(C)C(C)(C)c1ccnc2ccn3ccnc3c12. The van der Waals surface area contributed by atoms with E-state index in [1.165, 1.54) is 10.9 Å². The van der Waals surface area contributed by atoms with Crippen LogP contribution in [0.2, 0.25) is 0 Å². The van der Waals surface area contributed by atoms with Crippen LogP contribution in [0.4, 0.5) is 0 Å². The first-order valence-corrected chi connectivity index (χ1v) is 8.26. The van der Waals surface area contributed by atoms with Gasteiger partial charge in [0.05, 0.1) is 5.52 Å². The third kappa shape index (κ3) is 2.60. The van der Waals surface area contributed by atoms with Gasteiger partial charge < -0.3 is 4.40 Å². The van der Waals surface area contributed by atoms with Crippen LogP contribution in [0.1, 0.15) is 53.5 Å². The van der Waals surface area contributed by atoms with Crippen molar-refractivity contribution >= 4 is 16.6 Å². The van der Waals surface area contributed by atoms with Crippen molar-refractivity contribution in [2.75, 3.05) is 0 Å². The summed E-state index contributed by atoms with van der Waals surface area (Å²) >= 11 is 0. The molecule has 1 atom stereocenters. The molecule has 0 bridgehead atoms. The van der Waals surface area contributed by atoms with E-state index >= 15 is 0 Å². The van der Waals surface area contributed by atoms with Gasteiger partial charge in [-0.2, -0.15) is 0 Å². The molecule has 0 aliphatic heterocycles. The molecule has 0 aliphatic rings. The van der Waals surface area contributed by atoms with Crippen molar-refractivity contribution in [1.29, 1.82) is 0 Å². The molecular weight excluding hydrogens is 270 g/mol. The highest BCUT2D eigenvalue weighted by Gasteiger charge is 2.29. The molecule has 1 unspecified atom stereocenters. The third-order valence-corrected chi connectivity index (χ3v) is 4.80. The maximum absolute atomic E-state index is 4.53. The largest absolute Gasteiger partial charge is 0.306 e. The van der Waals surface area contributed by atoms with Crippen LogP contribution in [0.5, 0.6) is 0 Å². The second-order valence-corrected chi connectivity index (χ2v) is 6.12. The standard InChI is InChI=1S/C17H21N3.C2H6/c1-5-12(2)17(3,4)13-6-8-18-14-7-10-20-11-9-19-16(20)15(13)14;1-2/h6-12H,5H2,1-4H3;1-2H3. The summed E-state index contributed by atoms with van der Waals surface area (Å²) < 4.78 is 2.07. The molecule has 3 heteroatoms. The summed E-state index contributed by atoms with van der Waals surface area (Å²) in [6, 6.07) is 4.23. The van der Waals surface area contributed by atoms with Gasteiger partial charge in [-0.15, -0.1) is 0 Å². The summed E-state index contributed by atoms with van der Waals surface area (Å²) in [5.74, 6) is 0.600. The van der Waals surface area contributed by atoms with Crippen molar-refractivity contribution in [2.45, 2.75) is 53.4 Å². The zero-order valence-electron chi connectivity index (χ0n) is 14.6. The van der Waals surface area contributed by atoms with Crippen LogP contribution in [0, 0.1) is 5.92 Å². The Morgan fingerprint density at radius 2 is 1.82 bits per heavy atom. The zero-order chi connectivity index (χ0) is 16.3. The Bertz CT molecular complexity index is 756. The van der Waals surface area contributed by atoms with E-state index in [4.69, 9.17) is 0 Å².